The fourth-order valence-electron chi connectivity index (χ4n) is 6.74. The lowest BCUT2D eigenvalue weighted by Crippen LogP contribution is -2.15. The minimum absolute atomic E-state index is 0.481. The van der Waals surface area contributed by atoms with Crippen LogP contribution in [0.15, 0.2) is 89.5 Å². The van der Waals surface area contributed by atoms with Crippen LogP contribution in [-0.4, -0.2) is 9.97 Å². The van der Waals surface area contributed by atoms with Crippen molar-refractivity contribution < 1.29 is 4.42 Å². The summed E-state index contributed by atoms with van der Waals surface area (Å²) in [5.74, 6) is 1.60. The standard InChI is InChI=1S/C38H38N2O/c1-22(2)35(23(3)4)32-21-39-34(20-24(32)5)31-15-11-14-29-30-16-17-33(40-38(30)41-37(29)31)36-25(6)18-28(19-26(36)7)27-12-9-8-10-13-27/h8-23,35H,1-7H3. The van der Waals surface area contributed by atoms with Gasteiger partial charge in [-0.25, -0.2) is 4.98 Å². The highest BCUT2D eigenvalue weighted by atomic mass is 16.3. The van der Waals surface area contributed by atoms with Gasteiger partial charge in [-0.15, -0.1) is 0 Å². The smallest absolute Gasteiger partial charge is 0.227 e. The van der Waals surface area contributed by atoms with E-state index in [1.54, 1.807) is 0 Å². The van der Waals surface area contributed by atoms with Gasteiger partial charge < -0.3 is 4.42 Å². The Morgan fingerprint density at radius 3 is 2.00 bits per heavy atom. The van der Waals surface area contributed by atoms with Crippen molar-refractivity contribution in [1.82, 2.24) is 9.97 Å². The van der Waals surface area contributed by atoms with E-state index in [0.29, 0.717) is 23.5 Å². The van der Waals surface area contributed by atoms with E-state index in [1.807, 2.05) is 0 Å². The maximum absolute atomic E-state index is 6.52. The highest BCUT2D eigenvalue weighted by molar-refractivity contribution is 6.08. The molecule has 0 saturated carbocycles. The van der Waals surface area contributed by atoms with Gasteiger partial charge >= 0.3 is 0 Å². The van der Waals surface area contributed by atoms with Crippen molar-refractivity contribution in [1.29, 1.82) is 0 Å². The van der Waals surface area contributed by atoms with Crippen LogP contribution in [0.4, 0.5) is 0 Å². The minimum Gasteiger partial charge on any atom is -0.437 e. The number of nitrogens with zero attached hydrogens (tertiary/aromatic N) is 2. The van der Waals surface area contributed by atoms with Gasteiger partial charge in [0.2, 0.25) is 5.71 Å². The Hall–Kier alpha value is -4.24. The zero-order valence-electron chi connectivity index (χ0n) is 25.1. The van der Waals surface area contributed by atoms with E-state index in [-0.39, 0.29) is 0 Å². The number of furan rings is 1. The summed E-state index contributed by atoms with van der Waals surface area (Å²) in [5, 5.41) is 2.09. The molecule has 0 spiro atoms. The van der Waals surface area contributed by atoms with Gasteiger partial charge in [0.05, 0.1) is 11.4 Å². The van der Waals surface area contributed by atoms with E-state index < -0.39 is 0 Å². The normalized spacial score (nSPS) is 12.0. The summed E-state index contributed by atoms with van der Waals surface area (Å²) in [7, 11) is 0. The van der Waals surface area contributed by atoms with E-state index in [9.17, 15) is 0 Å². The molecule has 0 aliphatic rings. The molecular weight excluding hydrogens is 500 g/mol. The van der Waals surface area contributed by atoms with Crippen molar-refractivity contribution >= 4 is 22.1 Å². The molecule has 0 bridgehead atoms. The van der Waals surface area contributed by atoms with Gasteiger partial charge in [-0.1, -0.05) is 82.3 Å². The number of rotatable bonds is 6. The molecule has 0 atom stereocenters. The fraction of sp³-hybridized carbons (Fsp3) is 0.263. The van der Waals surface area contributed by atoms with Crippen LogP contribution in [0.5, 0.6) is 0 Å². The Morgan fingerprint density at radius 2 is 1.34 bits per heavy atom. The van der Waals surface area contributed by atoms with Gasteiger partial charge in [0.1, 0.15) is 5.58 Å². The number of para-hydroxylation sites is 1. The summed E-state index contributed by atoms with van der Waals surface area (Å²) < 4.78 is 6.52. The maximum Gasteiger partial charge on any atom is 0.227 e. The molecule has 6 aromatic rings. The van der Waals surface area contributed by atoms with Crippen molar-refractivity contribution in [3.63, 3.8) is 0 Å². The SMILES string of the molecule is Cc1cc(-c2cccc3c2oc2nc(-c4c(C)cc(-c5ccccc5)cc4C)ccc23)ncc1C(C(C)C)C(C)C. The van der Waals surface area contributed by atoms with Crippen molar-refractivity contribution in [2.24, 2.45) is 11.8 Å². The van der Waals surface area contributed by atoms with Crippen LogP contribution in [0.2, 0.25) is 0 Å². The van der Waals surface area contributed by atoms with Crippen LogP contribution < -0.4 is 0 Å². The summed E-state index contributed by atoms with van der Waals surface area (Å²) in [6, 6.07) is 27.8. The molecule has 206 valence electrons. The molecule has 3 aromatic carbocycles. The summed E-state index contributed by atoms with van der Waals surface area (Å²) in [5.41, 5.74) is 13.0. The first kappa shape index (κ1) is 27.0. The largest absolute Gasteiger partial charge is 0.437 e. The summed E-state index contributed by atoms with van der Waals surface area (Å²) in [4.78, 5) is 10.0. The fourth-order valence-corrected chi connectivity index (χ4v) is 6.74. The molecule has 0 saturated heterocycles. The van der Waals surface area contributed by atoms with Gasteiger partial charge in [-0.05, 0) is 96.2 Å². The highest BCUT2D eigenvalue weighted by Crippen LogP contribution is 2.39. The summed E-state index contributed by atoms with van der Waals surface area (Å²) >= 11 is 0. The van der Waals surface area contributed by atoms with E-state index in [2.05, 4.69) is 134 Å². The third-order valence-corrected chi connectivity index (χ3v) is 8.48. The molecule has 3 aromatic heterocycles. The number of benzene rings is 3. The highest BCUT2D eigenvalue weighted by Gasteiger charge is 2.23. The molecule has 0 aliphatic carbocycles. The molecule has 0 amide bonds. The molecule has 6 rings (SSSR count). The van der Waals surface area contributed by atoms with Gasteiger partial charge in [0.15, 0.2) is 0 Å². The number of fused-ring (bicyclic) bond motifs is 3. The molecule has 3 heterocycles. The maximum atomic E-state index is 6.52. The molecule has 0 fully saturated rings. The van der Waals surface area contributed by atoms with Crippen LogP contribution in [0.3, 0.4) is 0 Å². The third kappa shape index (κ3) is 4.84. The van der Waals surface area contributed by atoms with Crippen LogP contribution >= 0.6 is 0 Å². The molecular formula is C38H38N2O. The van der Waals surface area contributed by atoms with E-state index in [0.717, 1.165) is 38.9 Å². The van der Waals surface area contributed by atoms with Gasteiger partial charge in [0.25, 0.3) is 0 Å². The average Bonchev–Trinajstić information content (AvgIpc) is 3.32. The quantitative estimate of drug-likeness (QED) is 0.212. The van der Waals surface area contributed by atoms with Crippen molar-refractivity contribution in [2.45, 2.75) is 54.4 Å². The molecule has 3 heteroatoms. The molecule has 0 N–H and O–H groups in total. The lowest BCUT2D eigenvalue weighted by Gasteiger charge is -2.26. The van der Waals surface area contributed by atoms with Crippen LogP contribution in [-0.2, 0) is 0 Å². The zero-order chi connectivity index (χ0) is 28.8. The molecule has 0 radical (unpaired) electrons. The van der Waals surface area contributed by atoms with E-state index in [4.69, 9.17) is 14.4 Å². The lowest BCUT2D eigenvalue weighted by atomic mass is 9.79. The second-order valence-corrected chi connectivity index (χ2v) is 12.1. The van der Waals surface area contributed by atoms with Gasteiger partial charge in [0, 0.05) is 28.1 Å². The van der Waals surface area contributed by atoms with Crippen molar-refractivity contribution in [3.8, 4) is 33.6 Å². The lowest BCUT2D eigenvalue weighted by molar-refractivity contribution is 0.385. The second-order valence-electron chi connectivity index (χ2n) is 12.1. The topological polar surface area (TPSA) is 38.9 Å². The van der Waals surface area contributed by atoms with Crippen LogP contribution in [0.25, 0.3) is 55.7 Å². The van der Waals surface area contributed by atoms with Gasteiger partial charge in [-0.2, -0.15) is 0 Å². The molecule has 41 heavy (non-hydrogen) atoms. The Morgan fingerprint density at radius 1 is 0.634 bits per heavy atom. The number of hydrogen-bond donors (Lipinski definition) is 0. The molecule has 3 nitrogen and oxygen atoms in total. The molecule has 0 aliphatic heterocycles. The first-order valence-electron chi connectivity index (χ1n) is 14.7. The zero-order valence-corrected chi connectivity index (χ0v) is 25.1. The molecule has 0 unspecified atom stereocenters. The first-order chi connectivity index (χ1) is 19.7. The third-order valence-electron chi connectivity index (χ3n) is 8.48. The van der Waals surface area contributed by atoms with Crippen molar-refractivity contribution in [3.05, 3.63) is 107 Å². The number of pyridine rings is 2. The Kier molecular flexibility index (Phi) is 6.99. The number of hydrogen-bond acceptors (Lipinski definition) is 3. The van der Waals surface area contributed by atoms with E-state index >= 15 is 0 Å². The Bertz CT molecular complexity index is 1850. The van der Waals surface area contributed by atoms with Crippen LogP contribution in [0.1, 0.15) is 55.9 Å². The predicted octanol–water partition coefficient (Wildman–Crippen LogP) is 10.7. The van der Waals surface area contributed by atoms with E-state index in [1.165, 1.54) is 33.4 Å². The number of aromatic nitrogens is 2. The second kappa shape index (κ2) is 10.6. The minimum atomic E-state index is 0.481. The first-order valence-corrected chi connectivity index (χ1v) is 14.7. The monoisotopic (exact) mass is 538 g/mol. The Labute approximate surface area is 243 Å². The van der Waals surface area contributed by atoms with Gasteiger partial charge in [-0.3, -0.25) is 4.98 Å². The summed E-state index contributed by atoms with van der Waals surface area (Å²) in [6.45, 7) is 15.7. The van der Waals surface area contributed by atoms with Crippen molar-refractivity contribution in [2.75, 3.05) is 0 Å². The number of aryl methyl sites for hydroxylation is 3. The average molecular weight is 539 g/mol. The van der Waals surface area contributed by atoms with Crippen LogP contribution in [0, 0.1) is 32.6 Å². The Balaban J connectivity index is 1.43. The predicted molar refractivity (Wildman–Crippen MR) is 172 cm³/mol. The summed E-state index contributed by atoms with van der Waals surface area (Å²) in [6.07, 6.45) is 2.08.